The predicted molar refractivity (Wildman–Crippen MR) is 28.2 cm³/mol. The minimum absolute atomic E-state index is 0.991. The molecule has 0 fully saturated rings. The zero-order valence-electron chi connectivity index (χ0n) is 4.63. The second-order valence-corrected chi connectivity index (χ2v) is 1.58. The Morgan fingerprint density at radius 3 is 1.89 bits per heavy atom. The second-order valence-electron chi connectivity index (χ2n) is 1.58. The van der Waals surface area contributed by atoms with Crippen molar-refractivity contribution >= 4 is 5.97 Å². The van der Waals surface area contributed by atoms with Crippen molar-refractivity contribution in [2.45, 2.75) is 5.60 Å². The second kappa shape index (κ2) is 1.99. The summed E-state index contributed by atoms with van der Waals surface area (Å²) in [6, 6.07) is 0. The molecule has 9 heavy (non-hydrogen) atoms. The summed E-state index contributed by atoms with van der Waals surface area (Å²) in [6.45, 7) is 5.41. The fourth-order valence-electron chi connectivity index (χ4n) is 0.123. The molecule has 0 aliphatic heterocycles. The van der Waals surface area contributed by atoms with Crippen molar-refractivity contribution < 1.29 is 20.1 Å². The standard InChI is InChI=1S/C5H5O4/c1-3(6)5(2,9)4(7)8/h1-2H2,(H-,6,7,8)/p+1. The van der Waals surface area contributed by atoms with E-state index in [0.717, 1.165) is 0 Å². The summed E-state index contributed by atoms with van der Waals surface area (Å²) in [7, 11) is 0. The molecule has 0 saturated heterocycles. The van der Waals surface area contributed by atoms with Crippen LogP contribution in [0.15, 0.2) is 12.3 Å². The molecular formula is C5H6O4+. The number of carboxylic acids is 1. The lowest BCUT2D eigenvalue weighted by molar-refractivity contribution is -0.158. The molecule has 0 bridgehead atoms. The van der Waals surface area contributed by atoms with Crippen LogP contribution in [-0.4, -0.2) is 21.8 Å². The lowest BCUT2D eigenvalue weighted by Crippen LogP contribution is -2.35. The van der Waals surface area contributed by atoms with Gasteiger partial charge in [0, 0.05) is 0 Å². The summed E-state index contributed by atoms with van der Waals surface area (Å²) in [5.41, 5.74) is -2.72. The highest BCUT2D eigenvalue weighted by Crippen LogP contribution is 2.11. The molecule has 0 aliphatic carbocycles. The summed E-state index contributed by atoms with van der Waals surface area (Å²) < 4.78 is 0. The van der Waals surface area contributed by atoms with Crippen molar-refractivity contribution in [3.63, 3.8) is 0 Å². The minimum atomic E-state index is -2.72. The van der Waals surface area contributed by atoms with E-state index in [4.69, 9.17) is 10.2 Å². The van der Waals surface area contributed by atoms with E-state index >= 15 is 0 Å². The lowest BCUT2D eigenvalue weighted by Gasteiger charge is -2.04. The van der Waals surface area contributed by atoms with Gasteiger partial charge in [-0.2, -0.15) is 5.11 Å². The molecule has 4 heteroatoms. The van der Waals surface area contributed by atoms with Crippen LogP contribution in [0.3, 0.4) is 0 Å². The maximum absolute atomic E-state index is 10.4. The van der Waals surface area contributed by atoms with Gasteiger partial charge in [-0.15, -0.1) is 0 Å². The normalized spacial score (nSPS) is 16.1. The first-order valence-corrected chi connectivity index (χ1v) is 2.06. The van der Waals surface area contributed by atoms with E-state index in [-0.39, 0.29) is 0 Å². The Hall–Kier alpha value is -1.16. The number of aliphatic hydroxyl groups is 1. The van der Waals surface area contributed by atoms with Gasteiger partial charge in [0.05, 0.1) is 0 Å². The predicted octanol–water partition coefficient (Wildman–Crippen LogP) is 0.146. The summed E-state index contributed by atoms with van der Waals surface area (Å²) in [5, 5.41) is 26.8. The minimum Gasteiger partial charge on any atom is -0.505 e. The Morgan fingerprint density at radius 1 is 1.56 bits per heavy atom. The Bertz CT molecular complexity index is 131. The summed E-state index contributed by atoms with van der Waals surface area (Å²) in [4.78, 5) is 9.87. The topological polar surface area (TPSA) is 77.4 Å². The van der Waals surface area contributed by atoms with Crippen molar-refractivity contribution in [2.75, 3.05) is 0 Å². The van der Waals surface area contributed by atoms with Crippen molar-refractivity contribution in [3.05, 3.63) is 19.3 Å². The molecule has 1 atom stereocenters. The molecule has 4 nitrogen and oxygen atoms in total. The number of carboxylic acid groups (broad SMARTS) is 1. The molecule has 0 spiro atoms. The van der Waals surface area contributed by atoms with E-state index in [1.54, 1.807) is 0 Å². The number of hydrogen-bond acceptors (Lipinski definition) is 2. The quantitative estimate of drug-likeness (QED) is 0.412. The molecule has 49 valence electrons. The van der Waals surface area contributed by atoms with E-state index in [2.05, 4.69) is 13.5 Å². The zero-order valence-corrected chi connectivity index (χ0v) is 4.63. The Labute approximate surface area is 52.1 Å². The molecule has 0 saturated carbocycles. The Kier molecular flexibility index (Phi) is 1.73. The highest BCUT2D eigenvalue weighted by atomic mass is 16.4. The van der Waals surface area contributed by atoms with Crippen molar-refractivity contribution in [2.24, 2.45) is 0 Å². The number of rotatable bonds is 2. The molecule has 0 heterocycles. The van der Waals surface area contributed by atoms with Crippen LogP contribution in [-0.2, 0) is 9.90 Å². The Balaban J connectivity index is 4.38. The van der Waals surface area contributed by atoms with Gasteiger partial charge in [0.15, 0.2) is 5.76 Å². The molecule has 1 radical (unpaired) electrons. The molecule has 2 N–H and O–H groups in total. The average molecular weight is 130 g/mol. The van der Waals surface area contributed by atoms with Crippen LogP contribution in [0.1, 0.15) is 0 Å². The molecule has 0 rings (SSSR count). The van der Waals surface area contributed by atoms with Crippen LogP contribution in [0, 0.1) is 6.92 Å². The summed E-state index contributed by atoms with van der Waals surface area (Å²) in [6.07, 6.45) is 0. The van der Waals surface area contributed by atoms with E-state index in [0.29, 0.717) is 0 Å². The molecule has 0 aromatic rings. The maximum atomic E-state index is 10.4. The molecule has 1 unspecified atom stereocenters. The van der Waals surface area contributed by atoms with Gasteiger partial charge in [-0.1, -0.05) is 6.58 Å². The molecule has 0 amide bonds. The van der Waals surface area contributed by atoms with Gasteiger partial charge in [-0.3, -0.25) is 0 Å². The number of hydrogen-bond donors (Lipinski definition) is 2. The fraction of sp³-hybridized carbons (Fsp3) is 0.200. The molecular weight excluding hydrogens is 124 g/mol. The van der Waals surface area contributed by atoms with Crippen molar-refractivity contribution in [1.82, 2.24) is 0 Å². The van der Waals surface area contributed by atoms with E-state index < -0.39 is 17.3 Å². The van der Waals surface area contributed by atoms with E-state index in [9.17, 15) is 9.90 Å². The van der Waals surface area contributed by atoms with Gasteiger partial charge in [-0.25, -0.2) is 4.79 Å². The molecule has 0 aromatic carbocycles. The van der Waals surface area contributed by atoms with Gasteiger partial charge in [0.1, 0.15) is 6.92 Å². The molecule has 0 aliphatic rings. The van der Waals surface area contributed by atoms with Crippen LogP contribution in [0.25, 0.3) is 0 Å². The van der Waals surface area contributed by atoms with E-state index in [1.807, 2.05) is 0 Å². The van der Waals surface area contributed by atoms with Crippen molar-refractivity contribution in [3.8, 4) is 0 Å². The monoisotopic (exact) mass is 130 g/mol. The van der Waals surface area contributed by atoms with Crippen LogP contribution in [0.2, 0.25) is 0 Å². The van der Waals surface area contributed by atoms with Gasteiger partial charge < -0.3 is 10.2 Å². The van der Waals surface area contributed by atoms with Crippen LogP contribution >= 0.6 is 0 Å². The van der Waals surface area contributed by atoms with Gasteiger partial charge in [-0.05, 0) is 0 Å². The number of carbonyl (C=O) groups is 1. The van der Waals surface area contributed by atoms with Crippen LogP contribution in [0.4, 0.5) is 0 Å². The van der Waals surface area contributed by atoms with Crippen LogP contribution < -0.4 is 0 Å². The fourth-order valence-corrected chi connectivity index (χ4v) is 0.123. The van der Waals surface area contributed by atoms with Crippen LogP contribution in [0.5, 0.6) is 0 Å². The zero-order chi connectivity index (χ0) is 7.65. The third kappa shape index (κ3) is 1.36. The highest BCUT2D eigenvalue weighted by molar-refractivity contribution is 5.81. The average Bonchev–Trinajstić information content (AvgIpc) is 1.65. The Morgan fingerprint density at radius 2 is 1.89 bits per heavy atom. The van der Waals surface area contributed by atoms with Crippen molar-refractivity contribution in [1.29, 1.82) is 0 Å². The third-order valence-corrected chi connectivity index (χ3v) is 0.812. The smallest absolute Gasteiger partial charge is 0.395 e. The third-order valence-electron chi connectivity index (χ3n) is 0.812. The largest absolute Gasteiger partial charge is 0.505 e. The maximum Gasteiger partial charge on any atom is 0.395 e. The number of aliphatic hydroxyl groups excluding tert-OH is 1. The van der Waals surface area contributed by atoms with Gasteiger partial charge in [0.2, 0.25) is 0 Å². The first kappa shape index (κ1) is 7.84. The summed E-state index contributed by atoms with van der Waals surface area (Å²) in [5.74, 6) is -2.73. The number of aliphatic carboxylic acids is 1. The first-order chi connectivity index (χ1) is 3.89. The highest BCUT2D eigenvalue weighted by Gasteiger charge is 2.44. The lowest BCUT2D eigenvalue weighted by atomic mass is 10.1. The van der Waals surface area contributed by atoms with Gasteiger partial charge in [0.25, 0.3) is 0 Å². The van der Waals surface area contributed by atoms with Gasteiger partial charge >= 0.3 is 11.6 Å². The first-order valence-electron chi connectivity index (χ1n) is 2.06. The summed E-state index contributed by atoms with van der Waals surface area (Å²) >= 11 is 0. The SMILES string of the molecule is C=C(O)C([CH2+])([O])C(=O)O. The van der Waals surface area contributed by atoms with E-state index in [1.165, 1.54) is 0 Å². The molecule has 0 aromatic heterocycles.